The fourth-order valence-electron chi connectivity index (χ4n) is 8.50. The fraction of sp³-hybridized carbons (Fsp3) is 0.172. The maximum absolute atomic E-state index is 12.5. The van der Waals surface area contributed by atoms with Crippen molar-refractivity contribution in [1.82, 2.24) is 19.5 Å². The number of para-hydroxylation sites is 2. The van der Waals surface area contributed by atoms with E-state index in [0.717, 1.165) is 51.0 Å². The third-order valence-corrected chi connectivity index (χ3v) is 14.2. The van der Waals surface area contributed by atoms with Crippen molar-refractivity contribution < 1.29 is 37.7 Å². The third kappa shape index (κ3) is 9.84. The van der Waals surface area contributed by atoms with Gasteiger partial charge in [0.2, 0.25) is 5.71 Å². The van der Waals surface area contributed by atoms with Crippen LogP contribution >= 0.6 is 0 Å². The van der Waals surface area contributed by atoms with Gasteiger partial charge in [0.25, 0.3) is 0 Å². The van der Waals surface area contributed by atoms with Gasteiger partial charge in [0.1, 0.15) is 11.8 Å². The number of rotatable bonds is 8. The first-order chi connectivity index (χ1) is 32.6. The summed E-state index contributed by atoms with van der Waals surface area (Å²) in [5, 5.41) is 12.5. The van der Waals surface area contributed by atoms with Crippen LogP contribution in [-0.2, 0) is 26.3 Å². The van der Waals surface area contributed by atoms with Crippen LogP contribution in [-0.4, -0.2) is 27.6 Å². The van der Waals surface area contributed by atoms with E-state index in [1.165, 1.54) is 44.6 Å². The number of hydrogen-bond donors (Lipinski definition) is 0. The Morgan fingerprint density at radius 2 is 1.35 bits per heavy atom. The Morgan fingerprint density at radius 3 is 1.94 bits per heavy atom. The molecular weight excluding hydrogens is 1060 g/mol. The summed E-state index contributed by atoms with van der Waals surface area (Å²) in [6.07, 6.45) is -2.52. The molecule has 0 aliphatic rings. The molecule has 0 amide bonds. The number of nitriles is 1. The van der Waals surface area contributed by atoms with Gasteiger partial charge in [-0.25, -0.2) is 4.98 Å². The van der Waals surface area contributed by atoms with Gasteiger partial charge in [0, 0.05) is 37.4 Å². The molecule has 0 aliphatic carbocycles. The Kier molecular flexibility index (Phi) is 13.8. The predicted molar refractivity (Wildman–Crippen MR) is 271 cm³/mol. The first-order valence-electron chi connectivity index (χ1n) is 22.6. The number of fused-ring (bicyclic) bond motifs is 4. The summed E-state index contributed by atoms with van der Waals surface area (Å²) in [7, 11) is -1.41. The molecule has 0 saturated carbocycles. The molecule has 0 bridgehead atoms. The molecule has 10 aromatic rings. The third-order valence-electron chi connectivity index (χ3n) is 12.2. The number of aromatic nitrogens is 4. The molecule has 0 N–H and O–H groups in total. The van der Waals surface area contributed by atoms with Crippen LogP contribution in [0.3, 0.4) is 0 Å². The van der Waals surface area contributed by atoms with Crippen molar-refractivity contribution in [3.05, 3.63) is 186 Å². The van der Waals surface area contributed by atoms with Gasteiger partial charge in [-0.1, -0.05) is 137 Å². The van der Waals surface area contributed by atoms with Crippen molar-refractivity contribution >= 4 is 46.4 Å². The molecule has 10 rings (SSSR count). The van der Waals surface area contributed by atoms with Crippen LogP contribution in [0, 0.1) is 23.5 Å². The zero-order valence-electron chi connectivity index (χ0n) is 39.2. The minimum Gasteiger partial charge on any atom is -0.486 e. The van der Waals surface area contributed by atoms with Crippen LogP contribution in [0.2, 0.25) is 19.6 Å². The molecule has 0 spiro atoms. The zero-order valence-corrected chi connectivity index (χ0v) is 42.6. The van der Waals surface area contributed by atoms with E-state index in [-0.39, 0.29) is 31.9 Å². The molecule has 1 radical (unpaired) electrons. The van der Waals surface area contributed by atoms with Gasteiger partial charge in [-0.05, 0) is 98.1 Å². The van der Waals surface area contributed by atoms with Crippen molar-refractivity contribution in [2.75, 3.05) is 0 Å². The summed E-state index contributed by atoms with van der Waals surface area (Å²) in [6, 6.07) is 55.4. The van der Waals surface area contributed by atoms with Crippen LogP contribution in [0.15, 0.2) is 156 Å². The Labute approximate surface area is 414 Å². The molecule has 0 aliphatic heterocycles. The zero-order chi connectivity index (χ0) is 47.9. The van der Waals surface area contributed by atoms with Crippen molar-refractivity contribution in [1.29, 1.82) is 5.26 Å². The second-order valence-corrected chi connectivity index (χ2v) is 23.6. The smallest absolute Gasteiger partial charge is 0.381 e. The van der Waals surface area contributed by atoms with Crippen LogP contribution in [0.25, 0.3) is 83.7 Å². The second kappa shape index (κ2) is 19.6. The Hall–Kier alpha value is -6.96. The molecule has 0 saturated heterocycles. The van der Waals surface area contributed by atoms with Gasteiger partial charge in [-0.3, -0.25) is 4.98 Å². The van der Waals surface area contributed by atoms with E-state index in [2.05, 4.69) is 159 Å². The number of hydrogen-bond acceptors (Lipinski definition) is 5. The first kappa shape index (κ1) is 48.5. The predicted octanol–water partition coefficient (Wildman–Crippen LogP) is 15.3. The molecule has 6 nitrogen and oxygen atoms in total. The average molecular weight is 1110 g/mol. The molecule has 11 heteroatoms. The van der Waals surface area contributed by atoms with Crippen LogP contribution in [0.1, 0.15) is 61.9 Å². The topological polar surface area (TPSA) is 80.5 Å². The van der Waals surface area contributed by atoms with E-state index in [1.54, 1.807) is 6.07 Å². The second-order valence-electron chi connectivity index (χ2n) is 18.5. The van der Waals surface area contributed by atoms with Gasteiger partial charge >= 0.3 is 6.18 Å². The number of halogens is 3. The Balaban J connectivity index is 0.000000257. The van der Waals surface area contributed by atoms with Crippen LogP contribution < -0.4 is 5.19 Å². The van der Waals surface area contributed by atoms with E-state index < -0.39 is 19.8 Å². The van der Waals surface area contributed by atoms with E-state index in [1.807, 2.05) is 48.7 Å². The van der Waals surface area contributed by atoms with Crippen LogP contribution in [0.4, 0.5) is 13.2 Å². The summed E-state index contributed by atoms with van der Waals surface area (Å²) in [6.45, 7) is 15.7. The Bertz CT molecular complexity index is 3390. The fourth-order valence-corrected chi connectivity index (χ4v) is 9.53. The maximum atomic E-state index is 12.5. The largest absolute Gasteiger partial charge is 0.486 e. The Morgan fingerprint density at radius 1 is 0.696 bits per heavy atom. The maximum Gasteiger partial charge on any atom is 0.381 e. The number of pyridine rings is 2. The summed E-state index contributed by atoms with van der Waals surface area (Å²) in [5.41, 5.74) is 13.0. The molecule has 4 heterocycles. The normalized spacial score (nSPS) is 11.8. The monoisotopic (exact) mass is 1110 g/mol. The minimum absolute atomic E-state index is 0. The number of benzene rings is 6. The summed E-state index contributed by atoms with van der Waals surface area (Å²) in [4.78, 5) is 14.0. The first-order valence-corrected chi connectivity index (χ1v) is 26.1. The van der Waals surface area contributed by atoms with E-state index in [9.17, 15) is 18.4 Å². The molecule has 0 fully saturated rings. The van der Waals surface area contributed by atoms with Gasteiger partial charge in [-0.2, -0.15) is 18.4 Å². The van der Waals surface area contributed by atoms with Crippen LogP contribution in [0.5, 0.6) is 0 Å². The molecule has 6 aromatic carbocycles. The molecular formula is C58H48F3IrN5OSi-2. The molecule has 347 valence electrons. The number of imidazole rings is 1. The summed E-state index contributed by atoms with van der Waals surface area (Å²) in [5.74, 6) is 1.22. The molecule has 0 atom stereocenters. The number of alkyl halides is 3. The van der Waals surface area contributed by atoms with Gasteiger partial charge in [0.15, 0.2) is 0 Å². The number of furan rings is 1. The average Bonchev–Trinajstić information content (AvgIpc) is 3.92. The van der Waals surface area contributed by atoms with Crippen molar-refractivity contribution in [2.45, 2.75) is 65.3 Å². The summed E-state index contributed by atoms with van der Waals surface area (Å²) >= 11 is 0. The summed E-state index contributed by atoms with van der Waals surface area (Å²) < 4.78 is 46.1. The van der Waals surface area contributed by atoms with E-state index in [0.29, 0.717) is 28.2 Å². The van der Waals surface area contributed by atoms with Gasteiger partial charge < -0.3 is 14.0 Å². The molecule has 4 aromatic heterocycles. The molecule has 0 unspecified atom stereocenters. The van der Waals surface area contributed by atoms with Gasteiger partial charge in [0.05, 0.1) is 30.5 Å². The SMILES string of the molecule is CC(C)c1cc(-c2ccc(-c3ccccc3)cc2)cc(C(C)C)c1-n1c(-c2[c-]ccc3c2oc2nc(C#N)ccc23)nc2ccccc21.C[Si](C)(C)c1ccc(-c2[c-]cc(C(F)(F)F)cc2)nc1.[Ir]. The number of nitrogens with zero attached hydrogens (tertiary/aromatic N) is 5. The van der Waals surface area contributed by atoms with Gasteiger partial charge in [-0.15, -0.1) is 48.0 Å². The minimum atomic E-state index is -4.33. The van der Waals surface area contributed by atoms with Crippen molar-refractivity contribution in [2.24, 2.45) is 0 Å². The van der Waals surface area contributed by atoms with Crippen molar-refractivity contribution in [3.8, 4) is 56.7 Å². The van der Waals surface area contributed by atoms with E-state index >= 15 is 0 Å². The van der Waals surface area contributed by atoms with E-state index in [4.69, 9.17) is 9.40 Å². The quantitative estimate of drug-likeness (QED) is 0.112. The molecule has 69 heavy (non-hydrogen) atoms. The standard InChI is InChI=1S/C43H33N4O.C15H15F3NSi.Ir/c1-26(2)36-23-31(30-19-17-29(18-20-30)28-11-6-5-7-12-28)24-37(27(3)4)40(36)47-39-16-9-8-15-38(39)46-42(47)35-14-10-13-33-34-22-21-32(25-44)45-43(34)48-41(33)35;1-20(2,3)13-8-9-14(19-10-13)11-4-6-12(7-5-11)15(16,17)18;/h5-13,15-24,26-27H,1-4H3;4,6-10H,1-3H3;/q2*-1;. The van der Waals surface area contributed by atoms with Crippen molar-refractivity contribution in [3.63, 3.8) is 0 Å².